The summed E-state index contributed by atoms with van der Waals surface area (Å²) in [5.41, 5.74) is 2.69. The molecule has 1 aromatic rings. The Morgan fingerprint density at radius 3 is 2.79 bits per heavy atom. The Labute approximate surface area is 128 Å². The van der Waals surface area contributed by atoms with Gasteiger partial charge in [-0.3, -0.25) is 0 Å². The number of anilines is 1. The Balaban J connectivity index is 2.40. The smallest absolute Gasteiger partial charge is 0.101 e. The Morgan fingerprint density at radius 1 is 1.47 bits per heavy atom. The van der Waals surface area contributed by atoms with Crippen molar-refractivity contribution in [1.29, 1.82) is 10.7 Å². The average Bonchev–Trinajstić information content (AvgIpc) is 2.37. The first kappa shape index (κ1) is 14.3. The fraction of sp³-hybridized carbons (Fsp3) is 0.286. The molecular formula is C14H13IN3P. The van der Waals surface area contributed by atoms with E-state index in [0.717, 1.165) is 11.3 Å². The number of rotatable bonds is 3. The number of hydrogen-bond acceptors (Lipinski definition) is 3. The predicted molar refractivity (Wildman–Crippen MR) is 89.2 cm³/mol. The third-order valence-corrected chi connectivity index (χ3v) is 4.37. The van der Waals surface area contributed by atoms with Crippen molar-refractivity contribution in [3.8, 4) is 17.9 Å². The van der Waals surface area contributed by atoms with Crippen LogP contribution in [-0.4, -0.2) is 6.21 Å². The van der Waals surface area contributed by atoms with Gasteiger partial charge in [0, 0.05) is 35.3 Å². The van der Waals surface area contributed by atoms with Crippen molar-refractivity contribution >= 4 is 40.3 Å². The van der Waals surface area contributed by atoms with Gasteiger partial charge in [0.15, 0.2) is 0 Å². The van der Waals surface area contributed by atoms with Crippen LogP contribution in [-0.2, 0) is 0 Å². The van der Waals surface area contributed by atoms with E-state index < -0.39 is 0 Å². The van der Waals surface area contributed by atoms with Crippen LogP contribution in [0, 0.1) is 34.5 Å². The van der Waals surface area contributed by atoms with Gasteiger partial charge < -0.3 is 10.5 Å². The maximum atomic E-state index is 9.31. The highest BCUT2D eigenvalue weighted by Gasteiger charge is 2.15. The van der Waals surface area contributed by atoms with E-state index in [0.29, 0.717) is 23.4 Å². The minimum Gasteiger partial charge on any atom is -0.358 e. The summed E-state index contributed by atoms with van der Waals surface area (Å²) in [6.45, 7) is 0. The minimum atomic E-state index is 0.489. The highest BCUT2D eigenvalue weighted by atomic mass is 127. The van der Waals surface area contributed by atoms with Crippen LogP contribution in [0.1, 0.15) is 36.0 Å². The molecule has 1 aliphatic carbocycles. The normalized spacial score (nSPS) is 14.3. The van der Waals surface area contributed by atoms with Crippen LogP contribution in [0.2, 0.25) is 0 Å². The van der Waals surface area contributed by atoms with E-state index in [9.17, 15) is 5.26 Å². The van der Waals surface area contributed by atoms with Gasteiger partial charge >= 0.3 is 0 Å². The van der Waals surface area contributed by atoms with Gasteiger partial charge in [0.05, 0.1) is 5.56 Å². The highest BCUT2D eigenvalue weighted by Crippen LogP contribution is 2.29. The molecule has 0 spiro atoms. The van der Waals surface area contributed by atoms with E-state index in [1.54, 1.807) is 0 Å². The quantitative estimate of drug-likeness (QED) is 0.359. The van der Waals surface area contributed by atoms with Crippen LogP contribution in [0.15, 0.2) is 12.1 Å². The first-order valence-corrected chi connectivity index (χ1v) is 10.1. The van der Waals surface area contributed by atoms with Crippen molar-refractivity contribution in [3.05, 3.63) is 28.8 Å². The fourth-order valence-corrected chi connectivity index (χ4v) is 3.08. The monoisotopic (exact) mass is 381 g/mol. The molecule has 3 nitrogen and oxygen atoms in total. The lowest BCUT2D eigenvalue weighted by Crippen LogP contribution is -2.07. The van der Waals surface area contributed by atoms with Crippen LogP contribution in [0.3, 0.4) is 0 Å². The predicted octanol–water partition coefficient (Wildman–Crippen LogP) is 4.06. The molecular weight excluding hydrogens is 368 g/mol. The molecule has 2 N–H and O–H groups in total. The molecule has 1 unspecified atom stereocenters. The van der Waals surface area contributed by atoms with Crippen molar-refractivity contribution in [2.75, 3.05) is 5.09 Å². The average molecular weight is 381 g/mol. The molecule has 2 rings (SSSR count). The van der Waals surface area contributed by atoms with Crippen LogP contribution >= 0.6 is 28.4 Å². The van der Waals surface area contributed by atoms with Crippen molar-refractivity contribution in [3.63, 3.8) is 0 Å². The summed E-state index contributed by atoms with van der Waals surface area (Å²) < 4.78 is 0. The maximum Gasteiger partial charge on any atom is 0.101 e. The second kappa shape index (κ2) is 6.89. The molecule has 0 bridgehead atoms. The van der Waals surface area contributed by atoms with Crippen LogP contribution < -0.4 is 5.09 Å². The maximum absolute atomic E-state index is 9.31. The van der Waals surface area contributed by atoms with Gasteiger partial charge in [-0.1, -0.05) is 18.3 Å². The molecule has 19 heavy (non-hydrogen) atoms. The van der Waals surface area contributed by atoms with Gasteiger partial charge in [-0.15, -0.1) is 0 Å². The molecule has 96 valence electrons. The van der Waals surface area contributed by atoms with Gasteiger partial charge in [0.2, 0.25) is 0 Å². The molecule has 0 heterocycles. The van der Waals surface area contributed by atoms with Crippen LogP contribution in [0.25, 0.3) is 0 Å². The van der Waals surface area contributed by atoms with Gasteiger partial charge in [-0.25, -0.2) is 0 Å². The number of nitrogens with zero attached hydrogens (tertiary/aromatic N) is 1. The zero-order chi connectivity index (χ0) is 13.7. The molecule has 5 heteroatoms. The molecule has 1 fully saturated rings. The molecule has 1 aliphatic rings. The van der Waals surface area contributed by atoms with E-state index in [2.05, 4.69) is 45.0 Å². The van der Waals surface area contributed by atoms with Gasteiger partial charge in [-0.2, -0.15) is 5.26 Å². The van der Waals surface area contributed by atoms with Crippen molar-refractivity contribution < 1.29 is 0 Å². The van der Waals surface area contributed by atoms with E-state index in [-0.39, 0.29) is 0 Å². The second-order valence-corrected chi connectivity index (χ2v) is 6.38. The summed E-state index contributed by atoms with van der Waals surface area (Å²) in [6.07, 6.45) is 5.33. The fourth-order valence-electron chi connectivity index (χ4n) is 1.89. The van der Waals surface area contributed by atoms with E-state index in [1.807, 2.05) is 12.1 Å². The minimum absolute atomic E-state index is 0.489. The first-order chi connectivity index (χ1) is 9.30. The Hall–Kier alpha value is -1.10. The number of benzene rings is 1. The van der Waals surface area contributed by atoms with Gasteiger partial charge in [-0.05, 0) is 47.0 Å². The summed E-state index contributed by atoms with van der Waals surface area (Å²) in [7, 11) is 0. The summed E-state index contributed by atoms with van der Waals surface area (Å²) in [5.74, 6) is 6.81. The number of nitrogens with one attached hydrogen (secondary N) is 2. The standard InChI is InChI=1S/C14H13IN3P/c15-19-18-14-7-6-11(5-4-10-2-1-3-10)12(8-16)13(14)9-17/h6-7,9-10,17-19H,1-3H2. The molecule has 0 radical (unpaired) electrons. The van der Waals surface area contributed by atoms with Crippen LogP contribution in [0.5, 0.6) is 0 Å². The first-order valence-electron chi connectivity index (χ1n) is 6.01. The summed E-state index contributed by atoms with van der Waals surface area (Å²) >= 11 is 2.22. The zero-order valence-electron chi connectivity index (χ0n) is 10.3. The number of halogens is 1. The second-order valence-electron chi connectivity index (χ2n) is 4.32. The third kappa shape index (κ3) is 3.26. The van der Waals surface area contributed by atoms with Crippen molar-refractivity contribution in [1.82, 2.24) is 0 Å². The molecule has 0 saturated heterocycles. The zero-order valence-corrected chi connectivity index (χ0v) is 13.4. The molecule has 0 amide bonds. The Bertz CT molecular complexity index is 591. The molecule has 0 aromatic heterocycles. The van der Waals surface area contributed by atoms with Gasteiger partial charge in [0.1, 0.15) is 6.07 Å². The molecule has 1 atom stereocenters. The lowest BCUT2D eigenvalue weighted by molar-refractivity contribution is 0.401. The van der Waals surface area contributed by atoms with Crippen molar-refractivity contribution in [2.24, 2.45) is 5.92 Å². The molecule has 0 aliphatic heterocycles. The summed E-state index contributed by atoms with van der Waals surface area (Å²) in [5, 5.41) is 20.0. The molecule has 1 aromatic carbocycles. The van der Waals surface area contributed by atoms with E-state index in [1.165, 1.54) is 25.5 Å². The Morgan fingerprint density at radius 2 is 2.26 bits per heavy atom. The van der Waals surface area contributed by atoms with Crippen molar-refractivity contribution in [2.45, 2.75) is 19.3 Å². The van der Waals surface area contributed by atoms with Crippen LogP contribution in [0.4, 0.5) is 5.69 Å². The van der Waals surface area contributed by atoms with E-state index in [4.69, 9.17) is 5.41 Å². The summed E-state index contributed by atoms with van der Waals surface area (Å²) in [6, 6.07) is 5.95. The molecule has 1 saturated carbocycles. The Kier molecular flexibility index (Phi) is 5.19. The topological polar surface area (TPSA) is 59.7 Å². The van der Waals surface area contributed by atoms with E-state index >= 15 is 0 Å². The number of nitriles is 1. The third-order valence-electron chi connectivity index (χ3n) is 3.20. The lowest BCUT2D eigenvalue weighted by atomic mass is 9.86. The largest absolute Gasteiger partial charge is 0.358 e. The SMILES string of the molecule is N#Cc1c(C#CC2CCC2)ccc(NPI)c1C=N. The number of hydrogen-bond donors (Lipinski definition) is 2. The van der Waals surface area contributed by atoms with Gasteiger partial charge in [0.25, 0.3) is 0 Å². The highest BCUT2D eigenvalue weighted by molar-refractivity contribution is 14.2. The lowest BCUT2D eigenvalue weighted by Gasteiger charge is -2.18. The summed E-state index contributed by atoms with van der Waals surface area (Å²) in [4.78, 5) is 0.